The van der Waals surface area contributed by atoms with Gasteiger partial charge in [-0.25, -0.2) is 14.9 Å². The van der Waals surface area contributed by atoms with Crippen LogP contribution in [0.4, 0.5) is 4.79 Å². The summed E-state index contributed by atoms with van der Waals surface area (Å²) in [7, 11) is 1.22. The fourth-order valence-corrected chi connectivity index (χ4v) is 6.51. The Hall–Kier alpha value is -5.29. The quantitative estimate of drug-likeness (QED) is 0.0726. The van der Waals surface area contributed by atoms with Gasteiger partial charge in [-0.05, 0) is 51.6 Å². The first-order valence-electron chi connectivity index (χ1n) is 17.4. The maximum Gasteiger partial charge on any atom is 0.407 e. The van der Waals surface area contributed by atoms with Gasteiger partial charge >= 0.3 is 6.09 Å². The summed E-state index contributed by atoms with van der Waals surface area (Å²) in [5, 5.41) is 28.7. The van der Waals surface area contributed by atoms with Gasteiger partial charge in [0.15, 0.2) is 5.60 Å². The Bertz CT molecular complexity index is 1840. The molecular formula is C42H48N4O6. The molecule has 1 aliphatic rings. The molecule has 3 atom stereocenters. The zero-order valence-electron chi connectivity index (χ0n) is 30.2. The second kappa shape index (κ2) is 16.8. The molecule has 0 heterocycles. The molecule has 52 heavy (non-hydrogen) atoms. The minimum absolute atomic E-state index is 0.0889. The van der Waals surface area contributed by atoms with Gasteiger partial charge in [-0.15, -0.1) is 0 Å². The third kappa shape index (κ3) is 9.73. The van der Waals surface area contributed by atoms with E-state index in [4.69, 9.17) is 4.74 Å². The van der Waals surface area contributed by atoms with Crippen molar-refractivity contribution in [3.63, 3.8) is 0 Å². The summed E-state index contributed by atoms with van der Waals surface area (Å²) >= 11 is 0. The zero-order chi connectivity index (χ0) is 37.3. The SMILES string of the molecule is COC(=O)N[C@H](C(=O)NN(Cc1ccc(C=Cc2ccccc2)cc1)C[C@@](O)(Cc1ccccc1)C(=O)N(O)C1CCc2ccccc21)C(C)(C)C. The Kier molecular flexibility index (Phi) is 12.3. The minimum Gasteiger partial charge on any atom is -0.453 e. The lowest BCUT2D eigenvalue weighted by molar-refractivity contribution is -0.199. The van der Waals surface area contributed by atoms with E-state index in [1.165, 1.54) is 12.1 Å². The van der Waals surface area contributed by atoms with Gasteiger partial charge in [0.2, 0.25) is 0 Å². The molecule has 5 rings (SSSR count). The summed E-state index contributed by atoms with van der Waals surface area (Å²) < 4.78 is 4.80. The average Bonchev–Trinajstić information content (AvgIpc) is 3.57. The number of benzene rings is 4. The first kappa shape index (κ1) is 38.0. The van der Waals surface area contributed by atoms with Crippen LogP contribution >= 0.6 is 0 Å². The molecule has 3 amide bonds. The van der Waals surface area contributed by atoms with Gasteiger partial charge in [0, 0.05) is 13.0 Å². The largest absolute Gasteiger partial charge is 0.453 e. The molecule has 0 saturated carbocycles. The van der Waals surface area contributed by atoms with Gasteiger partial charge in [0.05, 0.1) is 19.7 Å². The number of nitrogens with one attached hydrogen (secondary N) is 2. The summed E-state index contributed by atoms with van der Waals surface area (Å²) in [5.74, 6) is -1.46. The normalized spacial score (nSPS) is 15.8. The first-order chi connectivity index (χ1) is 24.9. The van der Waals surface area contributed by atoms with Crippen LogP contribution in [0.1, 0.15) is 66.6 Å². The van der Waals surface area contributed by atoms with Crippen molar-refractivity contribution in [2.45, 2.75) is 64.3 Å². The maximum absolute atomic E-state index is 14.4. The number of nitrogens with zero attached hydrogens (tertiary/aromatic N) is 2. The molecule has 10 heteroatoms. The first-order valence-corrected chi connectivity index (χ1v) is 17.4. The summed E-state index contributed by atoms with van der Waals surface area (Å²) in [6.45, 7) is 5.11. The van der Waals surface area contributed by atoms with Crippen LogP contribution in [-0.4, -0.2) is 63.6 Å². The lowest BCUT2D eigenvalue weighted by Crippen LogP contribution is -2.62. The van der Waals surface area contributed by atoms with Crippen molar-refractivity contribution in [1.29, 1.82) is 0 Å². The van der Waals surface area contributed by atoms with E-state index in [-0.39, 0.29) is 19.5 Å². The number of hydrogen-bond donors (Lipinski definition) is 4. The van der Waals surface area contributed by atoms with E-state index in [0.717, 1.165) is 27.8 Å². The number of alkyl carbamates (subject to hydrolysis) is 1. The number of carbonyl (C=O) groups excluding carboxylic acids is 3. The smallest absolute Gasteiger partial charge is 0.407 e. The highest BCUT2D eigenvalue weighted by Gasteiger charge is 2.45. The predicted molar refractivity (Wildman–Crippen MR) is 200 cm³/mol. The van der Waals surface area contributed by atoms with E-state index in [1.54, 1.807) is 32.9 Å². The van der Waals surface area contributed by atoms with Gasteiger partial charge in [0.1, 0.15) is 6.04 Å². The van der Waals surface area contributed by atoms with Gasteiger partial charge in [0.25, 0.3) is 11.8 Å². The summed E-state index contributed by atoms with van der Waals surface area (Å²) in [6, 6.07) is 32.7. The van der Waals surface area contributed by atoms with Crippen LogP contribution < -0.4 is 10.7 Å². The highest BCUT2D eigenvalue weighted by Crippen LogP contribution is 2.36. The monoisotopic (exact) mass is 704 g/mol. The van der Waals surface area contributed by atoms with Crippen LogP contribution in [0.3, 0.4) is 0 Å². The summed E-state index contributed by atoms with van der Waals surface area (Å²) in [6.07, 6.45) is 4.28. The molecule has 4 N–H and O–H groups in total. The molecule has 272 valence electrons. The molecule has 0 fully saturated rings. The van der Waals surface area contributed by atoms with Crippen LogP contribution in [0.25, 0.3) is 12.2 Å². The van der Waals surface area contributed by atoms with Crippen molar-refractivity contribution in [1.82, 2.24) is 20.8 Å². The minimum atomic E-state index is -2.19. The van der Waals surface area contributed by atoms with E-state index >= 15 is 0 Å². The number of aryl methyl sites for hydroxylation is 1. The van der Waals surface area contributed by atoms with E-state index in [0.29, 0.717) is 23.5 Å². The lowest BCUT2D eigenvalue weighted by Gasteiger charge is -2.38. The van der Waals surface area contributed by atoms with Crippen molar-refractivity contribution in [3.8, 4) is 0 Å². The molecule has 1 aliphatic carbocycles. The van der Waals surface area contributed by atoms with Crippen molar-refractivity contribution in [2.75, 3.05) is 13.7 Å². The fourth-order valence-electron chi connectivity index (χ4n) is 6.51. The number of hydrogen-bond acceptors (Lipinski definition) is 7. The number of methoxy groups -OCH3 is 1. The third-order valence-electron chi connectivity index (χ3n) is 9.26. The Morgan fingerprint density at radius 2 is 1.44 bits per heavy atom. The number of aliphatic hydroxyl groups is 1. The van der Waals surface area contributed by atoms with Crippen LogP contribution in [0.15, 0.2) is 109 Å². The zero-order valence-corrected chi connectivity index (χ0v) is 30.2. The van der Waals surface area contributed by atoms with Crippen LogP contribution in [0, 0.1) is 5.41 Å². The number of hydrazine groups is 1. The van der Waals surface area contributed by atoms with E-state index in [2.05, 4.69) is 10.7 Å². The number of rotatable bonds is 13. The van der Waals surface area contributed by atoms with Crippen molar-refractivity contribution >= 4 is 30.1 Å². The highest BCUT2D eigenvalue weighted by atomic mass is 16.5. The van der Waals surface area contributed by atoms with Gasteiger partial charge in [-0.3, -0.25) is 20.2 Å². The van der Waals surface area contributed by atoms with Crippen LogP contribution in [0.2, 0.25) is 0 Å². The maximum atomic E-state index is 14.4. The van der Waals surface area contributed by atoms with Crippen molar-refractivity contribution in [2.24, 2.45) is 5.41 Å². The van der Waals surface area contributed by atoms with Gasteiger partial charge < -0.3 is 15.2 Å². The molecule has 0 bridgehead atoms. The molecule has 0 saturated heterocycles. The second-order valence-corrected chi connectivity index (χ2v) is 14.3. The predicted octanol–water partition coefficient (Wildman–Crippen LogP) is 6.34. The average molecular weight is 705 g/mol. The fraction of sp³-hybridized carbons (Fsp3) is 0.310. The highest BCUT2D eigenvalue weighted by molar-refractivity contribution is 5.87. The van der Waals surface area contributed by atoms with E-state index < -0.39 is 41.0 Å². The summed E-state index contributed by atoms with van der Waals surface area (Å²) in [5.41, 5.74) is 5.30. The number of amides is 3. The van der Waals surface area contributed by atoms with Crippen LogP contribution in [0.5, 0.6) is 0 Å². The topological polar surface area (TPSA) is 131 Å². The number of ether oxygens (including phenoxy) is 1. The second-order valence-electron chi connectivity index (χ2n) is 14.3. The van der Waals surface area contributed by atoms with Crippen LogP contribution in [-0.2, 0) is 33.7 Å². The van der Waals surface area contributed by atoms with Crippen molar-refractivity contribution < 1.29 is 29.4 Å². The Morgan fingerprint density at radius 1 is 0.846 bits per heavy atom. The molecule has 1 unspecified atom stereocenters. The number of carbonyl (C=O) groups is 3. The molecule has 10 nitrogen and oxygen atoms in total. The molecule has 4 aromatic rings. The molecule has 4 aromatic carbocycles. The molecule has 0 spiro atoms. The Morgan fingerprint density at radius 3 is 2.08 bits per heavy atom. The van der Waals surface area contributed by atoms with E-state index in [9.17, 15) is 24.7 Å². The molecule has 0 aliphatic heterocycles. The van der Waals surface area contributed by atoms with Crippen molar-refractivity contribution in [3.05, 3.63) is 143 Å². The molecule has 0 radical (unpaired) electrons. The third-order valence-corrected chi connectivity index (χ3v) is 9.26. The standard InChI is InChI=1S/C42H48N4O6/c1-41(2,3)37(43-40(49)52-4)38(47)44-45(28-33-23-21-31(22-24-33)20-19-30-13-7-5-8-14-30)29-42(50,27-32-15-9-6-10-16-32)39(48)46(51)36-26-25-34-17-11-12-18-35(34)36/h5-24,36-37,50-51H,25-29H2,1-4H3,(H,43,49)(H,44,47)/t36?,37-,42+/m1/s1. The number of fused-ring (bicyclic) bond motifs is 1. The lowest BCUT2D eigenvalue weighted by atomic mass is 9.86. The molecular weight excluding hydrogens is 656 g/mol. The Labute approximate surface area is 305 Å². The van der Waals surface area contributed by atoms with Gasteiger partial charge in [-0.2, -0.15) is 0 Å². The van der Waals surface area contributed by atoms with E-state index in [1.807, 2.05) is 109 Å². The summed E-state index contributed by atoms with van der Waals surface area (Å²) in [4.78, 5) is 40.6. The number of hydroxylamine groups is 2. The molecule has 0 aromatic heterocycles. The van der Waals surface area contributed by atoms with Gasteiger partial charge in [-0.1, -0.05) is 142 Å². The Balaban J connectivity index is 1.47.